The van der Waals surface area contributed by atoms with E-state index in [-0.39, 0.29) is 80.4 Å². The molecule has 0 aliphatic carbocycles. The zero-order valence-electron chi connectivity index (χ0n) is 44.8. The number of carbonyl (C=O) groups is 5. The van der Waals surface area contributed by atoms with Gasteiger partial charge in [0.05, 0.1) is 69.0 Å². The largest absolute Gasteiger partial charge is 0.382 e. The number of likely N-dealkylation sites (N-methyl/N-ethyl adjacent to an activating group) is 1. The summed E-state index contributed by atoms with van der Waals surface area (Å²) in [4.78, 5) is 78.3. The Kier molecular flexibility index (Phi) is 19.0. The second kappa shape index (κ2) is 25.4. The minimum Gasteiger partial charge on any atom is -0.382 e. The third-order valence-electron chi connectivity index (χ3n) is 14.6. The van der Waals surface area contributed by atoms with E-state index >= 15 is 0 Å². The first kappa shape index (κ1) is 56.3. The number of hydrogen-bond acceptors (Lipinski definition) is 13. The Balaban J connectivity index is 0.871. The van der Waals surface area contributed by atoms with Crippen LogP contribution in [0.15, 0.2) is 60.8 Å². The second-order valence-corrected chi connectivity index (χ2v) is 20.9. The van der Waals surface area contributed by atoms with Gasteiger partial charge >= 0.3 is 0 Å². The molecule has 0 unspecified atom stereocenters. The minimum atomic E-state index is -0.863. The molecule has 2 saturated heterocycles. The monoisotopic (exact) mass is 1040 g/mol. The summed E-state index contributed by atoms with van der Waals surface area (Å²) in [6.07, 6.45) is 4.50. The van der Waals surface area contributed by atoms with Crippen molar-refractivity contribution in [3.8, 4) is 11.1 Å². The smallest absolute Gasteiger partial charge is 0.254 e. The van der Waals surface area contributed by atoms with E-state index in [1.807, 2.05) is 75.7 Å². The van der Waals surface area contributed by atoms with Crippen molar-refractivity contribution in [1.29, 1.82) is 0 Å². The van der Waals surface area contributed by atoms with Gasteiger partial charge in [-0.2, -0.15) is 5.10 Å². The van der Waals surface area contributed by atoms with Crippen LogP contribution in [0.2, 0.25) is 0 Å². The number of nitrogens with zero attached hydrogens (tertiary/aromatic N) is 6. The van der Waals surface area contributed by atoms with Gasteiger partial charge in [-0.1, -0.05) is 58.0 Å². The molecule has 7 N–H and O–H groups in total. The number of likely N-dealkylation sites (tertiary alicyclic amines) is 1. The van der Waals surface area contributed by atoms with Crippen LogP contribution >= 0.6 is 0 Å². The van der Waals surface area contributed by atoms with Gasteiger partial charge in [-0.3, -0.25) is 28.7 Å². The number of fused-ring (bicyclic) bond motifs is 8. The van der Waals surface area contributed by atoms with Crippen molar-refractivity contribution in [3.05, 3.63) is 94.7 Å². The van der Waals surface area contributed by atoms with E-state index in [2.05, 4.69) is 36.5 Å². The highest BCUT2D eigenvalue weighted by Crippen LogP contribution is 2.42. The maximum Gasteiger partial charge on any atom is 0.254 e. The summed E-state index contributed by atoms with van der Waals surface area (Å²) < 4.78 is 28.1. The maximum atomic E-state index is 14.7. The van der Waals surface area contributed by atoms with Crippen LogP contribution in [0.3, 0.4) is 0 Å². The number of aromatic nitrogens is 3. The van der Waals surface area contributed by atoms with Crippen LogP contribution in [-0.4, -0.2) is 145 Å². The Morgan fingerprint density at radius 2 is 1.73 bits per heavy atom. The Labute approximate surface area is 440 Å². The van der Waals surface area contributed by atoms with Gasteiger partial charge in [0.15, 0.2) is 0 Å². The predicted octanol–water partition coefficient (Wildman–Crippen LogP) is 4.41. The van der Waals surface area contributed by atoms with Crippen molar-refractivity contribution in [3.63, 3.8) is 0 Å². The van der Waals surface area contributed by atoms with Crippen molar-refractivity contribution in [2.24, 2.45) is 5.41 Å². The fourth-order valence-electron chi connectivity index (χ4n) is 10.3. The lowest BCUT2D eigenvalue weighted by molar-refractivity contribution is -0.144. The summed E-state index contributed by atoms with van der Waals surface area (Å²) in [6, 6.07) is 13.3. The lowest BCUT2D eigenvalue weighted by atomic mass is 9.85. The highest BCUT2D eigenvalue weighted by Gasteiger charge is 2.45. The number of halogens is 1. The SMILES string of the molecule is CC[C@H](NC(=O)[C@H]1C[C@@H](NCCOCCOCCC(=O)NCCn2nc3c(c2C)-c2cnc(N)c(c2)N2CCC[C@@H]2c2cc(F)ccc2C(=O)N(C)C3)CN1C(=O)[C@H](NC(=O)[C@@H](C)NC)C(C)(C)C)c1ccccc1. The van der Waals surface area contributed by atoms with Gasteiger partial charge in [0.25, 0.3) is 5.91 Å². The standard InChI is InChI=1S/C55H77FN12O7/c1-9-42(36-14-11-10-12-15-36)62-52(71)46-30-39(32-67(46)54(73)49(55(4,5)6)63-51(70)34(2)58-7)59-21-25-75-27-26-74-24-19-47(69)60-20-23-68-35(3)48-37-28-45(50(57)61-31-37)66-22-13-16-44(66)41-29-38(56)17-18-40(41)53(72)65(8)33-43(48)64-68/h10-12,14-15,17-18,28-29,31,34,39,42,44,46,49,58-59H,9,13,16,19-27,30,32-33H2,1-8H3,(H2,57,61)(H,60,69)(H,62,71)(H,63,70)/t34-,39-,42+,44-,46-,49+/m1/s1. The quantitative estimate of drug-likeness (QED) is 0.0637. The summed E-state index contributed by atoms with van der Waals surface area (Å²) in [5.41, 5.74) is 11.8. The molecule has 2 bridgehead atoms. The average molecular weight is 1040 g/mol. The number of amides is 5. The first-order valence-corrected chi connectivity index (χ1v) is 26.3. The van der Waals surface area contributed by atoms with Crippen LogP contribution in [0, 0.1) is 18.2 Å². The molecule has 2 aromatic heterocycles. The lowest BCUT2D eigenvalue weighted by Gasteiger charge is -2.36. The topological polar surface area (TPSA) is 230 Å². The number of ether oxygens (including phenoxy) is 2. The van der Waals surface area contributed by atoms with Gasteiger partial charge in [-0.05, 0) is 87.4 Å². The van der Waals surface area contributed by atoms with Gasteiger partial charge in [0, 0.05) is 74.3 Å². The van der Waals surface area contributed by atoms with E-state index in [9.17, 15) is 28.4 Å². The van der Waals surface area contributed by atoms with E-state index < -0.39 is 29.4 Å². The molecule has 3 aliphatic rings. The van der Waals surface area contributed by atoms with E-state index in [4.69, 9.17) is 20.3 Å². The van der Waals surface area contributed by atoms with Gasteiger partial charge in [-0.15, -0.1) is 0 Å². The molecule has 19 nitrogen and oxygen atoms in total. The summed E-state index contributed by atoms with van der Waals surface area (Å²) in [6.45, 7) is 14.8. The molecule has 5 amide bonds. The Hall–Kier alpha value is -6.48. The lowest BCUT2D eigenvalue weighted by Crippen LogP contribution is -2.59. The number of nitrogens with two attached hydrogens (primary N) is 1. The number of hydrogen-bond donors (Lipinski definition) is 6. The first-order chi connectivity index (χ1) is 35.9. The Morgan fingerprint density at radius 1 is 0.987 bits per heavy atom. The van der Waals surface area contributed by atoms with Crippen molar-refractivity contribution < 1.29 is 37.8 Å². The van der Waals surface area contributed by atoms with E-state index in [1.165, 1.54) is 12.1 Å². The number of nitrogen functional groups attached to an aromatic ring is 1. The third kappa shape index (κ3) is 13.7. The summed E-state index contributed by atoms with van der Waals surface area (Å²) >= 11 is 0. The van der Waals surface area contributed by atoms with Crippen molar-refractivity contribution in [2.75, 3.05) is 77.3 Å². The molecule has 6 atom stereocenters. The van der Waals surface area contributed by atoms with Gasteiger partial charge in [-0.25, -0.2) is 9.37 Å². The molecule has 20 heteroatoms. The molecule has 406 valence electrons. The third-order valence-corrected chi connectivity index (χ3v) is 14.6. The van der Waals surface area contributed by atoms with Crippen molar-refractivity contribution in [2.45, 2.75) is 123 Å². The van der Waals surface area contributed by atoms with Gasteiger partial charge < -0.3 is 56.5 Å². The fraction of sp³-hybridized carbons (Fsp3) is 0.545. The van der Waals surface area contributed by atoms with Crippen LogP contribution in [-0.2, 0) is 41.7 Å². The molecule has 0 saturated carbocycles. The van der Waals surface area contributed by atoms with Crippen molar-refractivity contribution in [1.82, 2.24) is 51.1 Å². The summed E-state index contributed by atoms with van der Waals surface area (Å²) in [5.74, 6) is -1.33. The zero-order chi connectivity index (χ0) is 54.0. The summed E-state index contributed by atoms with van der Waals surface area (Å²) in [5, 5.41) is 20.4. The predicted molar refractivity (Wildman–Crippen MR) is 285 cm³/mol. The van der Waals surface area contributed by atoms with Crippen LogP contribution in [0.5, 0.6) is 0 Å². The zero-order valence-corrected chi connectivity index (χ0v) is 44.8. The fourth-order valence-corrected chi connectivity index (χ4v) is 10.3. The molecule has 5 heterocycles. The number of pyridine rings is 1. The molecule has 4 aromatic rings. The first-order valence-electron chi connectivity index (χ1n) is 26.3. The average Bonchev–Trinajstić information content (AvgIpc) is 4.13. The van der Waals surface area contributed by atoms with Gasteiger partial charge in [0.1, 0.15) is 23.7 Å². The van der Waals surface area contributed by atoms with Crippen LogP contribution in [0.4, 0.5) is 15.9 Å². The number of benzene rings is 2. The summed E-state index contributed by atoms with van der Waals surface area (Å²) in [7, 11) is 3.40. The van der Waals surface area contributed by atoms with E-state index in [0.717, 1.165) is 40.9 Å². The van der Waals surface area contributed by atoms with E-state index in [0.29, 0.717) is 74.9 Å². The molecular formula is C55H77FN12O7. The molecule has 0 radical (unpaired) electrons. The maximum absolute atomic E-state index is 14.7. The van der Waals surface area contributed by atoms with Crippen LogP contribution in [0.1, 0.15) is 112 Å². The Morgan fingerprint density at radius 3 is 2.45 bits per heavy atom. The molecule has 75 heavy (non-hydrogen) atoms. The van der Waals surface area contributed by atoms with Gasteiger partial charge in [0.2, 0.25) is 23.6 Å². The second-order valence-electron chi connectivity index (χ2n) is 20.9. The molecule has 2 fully saturated rings. The molecular weight excluding hydrogens is 960 g/mol. The highest BCUT2D eigenvalue weighted by molar-refractivity contribution is 5.96. The Bertz CT molecular complexity index is 2640. The molecule has 7 rings (SSSR count). The van der Waals surface area contributed by atoms with Crippen molar-refractivity contribution >= 4 is 41.0 Å². The van der Waals surface area contributed by atoms with Crippen LogP contribution < -0.4 is 37.2 Å². The molecule has 2 aromatic carbocycles. The number of carbonyl (C=O) groups excluding carboxylic acids is 5. The number of anilines is 2. The normalized spacial score (nSPS) is 18.8. The number of rotatable bonds is 21. The molecule has 0 spiro atoms. The molecule has 3 aliphatic heterocycles. The highest BCUT2D eigenvalue weighted by atomic mass is 19.1. The number of nitrogens with one attached hydrogen (secondary N) is 5. The van der Waals surface area contributed by atoms with E-state index in [1.54, 1.807) is 43.1 Å². The minimum absolute atomic E-state index is 0.149. The van der Waals surface area contributed by atoms with Crippen LogP contribution in [0.25, 0.3) is 11.1 Å².